The molecule has 0 aliphatic carbocycles. The van der Waals surface area contributed by atoms with Crippen LogP contribution < -0.4 is 5.32 Å². The van der Waals surface area contributed by atoms with E-state index >= 15 is 0 Å². The maximum Gasteiger partial charge on any atom is 0.123 e. The predicted octanol–water partition coefficient (Wildman–Crippen LogP) is 3.15. The Labute approximate surface area is 118 Å². The summed E-state index contributed by atoms with van der Waals surface area (Å²) in [6.45, 7) is 6.53. The number of aliphatic hydroxyl groups is 1. The number of hydrogen-bond donors (Lipinski definition) is 2. The zero-order valence-electron chi connectivity index (χ0n) is 11.6. The highest BCUT2D eigenvalue weighted by molar-refractivity contribution is 7.15. The van der Waals surface area contributed by atoms with Crippen LogP contribution in [0.3, 0.4) is 0 Å². The summed E-state index contributed by atoms with van der Waals surface area (Å²) >= 11 is 1.72. The van der Waals surface area contributed by atoms with E-state index in [0.29, 0.717) is 6.54 Å². The van der Waals surface area contributed by atoms with E-state index in [2.05, 4.69) is 29.4 Å². The van der Waals surface area contributed by atoms with E-state index in [9.17, 15) is 5.11 Å². The van der Waals surface area contributed by atoms with Crippen molar-refractivity contribution in [1.29, 1.82) is 0 Å². The van der Waals surface area contributed by atoms with Crippen LogP contribution in [-0.2, 0) is 0 Å². The van der Waals surface area contributed by atoms with Crippen LogP contribution in [0.5, 0.6) is 0 Å². The standard InChI is InChI=1S/C15H20N2OS/c1-10(18)9-16-11(2)14-12(3)17-15(19-14)13-7-5-4-6-8-13/h4-8,10-11,16,18H,9H2,1-3H3. The van der Waals surface area contributed by atoms with Gasteiger partial charge in [-0.25, -0.2) is 4.98 Å². The third kappa shape index (κ3) is 3.62. The number of aromatic nitrogens is 1. The molecule has 1 aromatic heterocycles. The summed E-state index contributed by atoms with van der Waals surface area (Å²) in [5.41, 5.74) is 2.22. The molecule has 4 heteroatoms. The lowest BCUT2D eigenvalue weighted by molar-refractivity contribution is 0.187. The molecule has 0 radical (unpaired) electrons. The van der Waals surface area contributed by atoms with E-state index < -0.39 is 0 Å². The predicted molar refractivity (Wildman–Crippen MR) is 80.4 cm³/mol. The zero-order valence-corrected chi connectivity index (χ0v) is 12.4. The van der Waals surface area contributed by atoms with Gasteiger partial charge in [0.15, 0.2) is 0 Å². The summed E-state index contributed by atoms with van der Waals surface area (Å²) in [5.74, 6) is 0. The highest BCUT2D eigenvalue weighted by Crippen LogP contribution is 2.31. The minimum absolute atomic E-state index is 0.213. The van der Waals surface area contributed by atoms with Gasteiger partial charge in [0, 0.05) is 23.0 Å². The molecular weight excluding hydrogens is 256 g/mol. The molecule has 19 heavy (non-hydrogen) atoms. The molecule has 0 spiro atoms. The van der Waals surface area contributed by atoms with Gasteiger partial charge in [-0.15, -0.1) is 11.3 Å². The topological polar surface area (TPSA) is 45.2 Å². The Bertz CT molecular complexity index is 522. The molecule has 0 saturated heterocycles. The van der Waals surface area contributed by atoms with Crippen LogP contribution in [0.25, 0.3) is 10.6 Å². The SMILES string of the molecule is Cc1nc(-c2ccccc2)sc1C(C)NCC(C)O. The molecule has 1 heterocycles. The maximum atomic E-state index is 9.33. The van der Waals surface area contributed by atoms with Crippen LogP contribution in [-0.4, -0.2) is 22.7 Å². The van der Waals surface area contributed by atoms with Gasteiger partial charge >= 0.3 is 0 Å². The van der Waals surface area contributed by atoms with E-state index in [0.717, 1.165) is 16.3 Å². The minimum Gasteiger partial charge on any atom is -0.392 e. The molecule has 102 valence electrons. The summed E-state index contributed by atoms with van der Waals surface area (Å²) in [6.07, 6.45) is -0.329. The molecule has 0 amide bonds. The van der Waals surface area contributed by atoms with Crippen molar-refractivity contribution in [3.63, 3.8) is 0 Å². The van der Waals surface area contributed by atoms with Crippen molar-refractivity contribution in [2.45, 2.75) is 32.9 Å². The van der Waals surface area contributed by atoms with Gasteiger partial charge < -0.3 is 10.4 Å². The van der Waals surface area contributed by atoms with Crippen LogP contribution in [0.15, 0.2) is 30.3 Å². The highest BCUT2D eigenvalue weighted by atomic mass is 32.1. The normalized spacial score (nSPS) is 14.3. The van der Waals surface area contributed by atoms with Gasteiger partial charge in [-0.2, -0.15) is 0 Å². The van der Waals surface area contributed by atoms with Gasteiger partial charge in [0.25, 0.3) is 0 Å². The first-order chi connectivity index (χ1) is 9.08. The number of nitrogens with zero attached hydrogens (tertiary/aromatic N) is 1. The summed E-state index contributed by atoms with van der Waals surface area (Å²) in [4.78, 5) is 5.88. The summed E-state index contributed by atoms with van der Waals surface area (Å²) in [6, 6.07) is 10.4. The van der Waals surface area contributed by atoms with Crippen LogP contribution >= 0.6 is 11.3 Å². The number of benzene rings is 1. The number of nitrogens with one attached hydrogen (secondary N) is 1. The Morgan fingerprint density at radius 3 is 2.58 bits per heavy atom. The quantitative estimate of drug-likeness (QED) is 0.882. The number of hydrogen-bond acceptors (Lipinski definition) is 4. The Kier molecular flexibility index (Phi) is 4.69. The smallest absolute Gasteiger partial charge is 0.123 e. The van der Waals surface area contributed by atoms with Gasteiger partial charge in [-0.05, 0) is 20.8 Å². The van der Waals surface area contributed by atoms with Crippen LogP contribution in [0, 0.1) is 6.92 Å². The van der Waals surface area contributed by atoms with Gasteiger partial charge in [0.2, 0.25) is 0 Å². The van der Waals surface area contributed by atoms with Crippen molar-refractivity contribution in [3.8, 4) is 10.6 Å². The van der Waals surface area contributed by atoms with Gasteiger partial charge in [-0.1, -0.05) is 30.3 Å². The van der Waals surface area contributed by atoms with Crippen molar-refractivity contribution in [2.75, 3.05) is 6.54 Å². The molecule has 0 aliphatic heterocycles. The van der Waals surface area contributed by atoms with E-state index in [1.807, 2.05) is 25.1 Å². The van der Waals surface area contributed by atoms with E-state index in [4.69, 9.17) is 0 Å². The van der Waals surface area contributed by atoms with Crippen LogP contribution in [0.1, 0.15) is 30.5 Å². The Morgan fingerprint density at radius 1 is 1.26 bits per heavy atom. The van der Waals surface area contributed by atoms with Gasteiger partial charge in [0.1, 0.15) is 5.01 Å². The average Bonchev–Trinajstić information content (AvgIpc) is 2.79. The number of aliphatic hydroxyl groups excluding tert-OH is 1. The fourth-order valence-electron chi connectivity index (χ4n) is 1.95. The minimum atomic E-state index is -0.329. The molecule has 0 aliphatic rings. The molecule has 2 atom stereocenters. The molecule has 0 bridgehead atoms. The Hall–Kier alpha value is -1.23. The fourth-order valence-corrected chi connectivity index (χ4v) is 3.05. The van der Waals surface area contributed by atoms with Crippen molar-refractivity contribution in [3.05, 3.63) is 40.9 Å². The van der Waals surface area contributed by atoms with Crippen molar-refractivity contribution < 1.29 is 5.11 Å². The lowest BCUT2D eigenvalue weighted by atomic mass is 10.2. The fraction of sp³-hybridized carbons (Fsp3) is 0.400. The van der Waals surface area contributed by atoms with Crippen molar-refractivity contribution >= 4 is 11.3 Å². The van der Waals surface area contributed by atoms with E-state index in [1.54, 1.807) is 18.3 Å². The Morgan fingerprint density at radius 2 is 1.95 bits per heavy atom. The molecular formula is C15H20N2OS. The summed E-state index contributed by atoms with van der Waals surface area (Å²) in [7, 11) is 0. The molecule has 3 nitrogen and oxygen atoms in total. The summed E-state index contributed by atoms with van der Waals surface area (Å²) in [5, 5.41) is 13.7. The Balaban J connectivity index is 2.17. The molecule has 2 unspecified atom stereocenters. The van der Waals surface area contributed by atoms with Crippen molar-refractivity contribution in [2.24, 2.45) is 0 Å². The van der Waals surface area contributed by atoms with Crippen LogP contribution in [0.2, 0.25) is 0 Å². The number of thiazole rings is 1. The van der Waals surface area contributed by atoms with Crippen LogP contribution in [0.4, 0.5) is 0 Å². The largest absolute Gasteiger partial charge is 0.392 e. The molecule has 0 fully saturated rings. The number of rotatable bonds is 5. The molecule has 2 N–H and O–H groups in total. The van der Waals surface area contributed by atoms with E-state index in [-0.39, 0.29) is 12.1 Å². The first-order valence-corrected chi connectivity index (χ1v) is 7.33. The maximum absolute atomic E-state index is 9.33. The highest BCUT2D eigenvalue weighted by Gasteiger charge is 2.15. The lowest BCUT2D eigenvalue weighted by Gasteiger charge is -2.13. The molecule has 2 aromatic rings. The second kappa shape index (κ2) is 6.28. The summed E-state index contributed by atoms with van der Waals surface area (Å²) < 4.78 is 0. The molecule has 0 saturated carbocycles. The van der Waals surface area contributed by atoms with Crippen molar-refractivity contribution in [1.82, 2.24) is 10.3 Å². The molecule has 1 aromatic carbocycles. The monoisotopic (exact) mass is 276 g/mol. The number of aryl methyl sites for hydroxylation is 1. The average molecular weight is 276 g/mol. The first-order valence-electron chi connectivity index (χ1n) is 6.52. The van der Waals surface area contributed by atoms with E-state index in [1.165, 1.54) is 4.88 Å². The first kappa shape index (κ1) is 14.2. The molecule has 2 rings (SSSR count). The zero-order chi connectivity index (χ0) is 13.8. The van der Waals surface area contributed by atoms with Gasteiger partial charge in [-0.3, -0.25) is 0 Å². The lowest BCUT2D eigenvalue weighted by Crippen LogP contribution is -2.27. The van der Waals surface area contributed by atoms with Gasteiger partial charge in [0.05, 0.1) is 11.8 Å². The second-order valence-corrected chi connectivity index (χ2v) is 5.84. The second-order valence-electron chi connectivity index (χ2n) is 4.81. The third-order valence-electron chi connectivity index (χ3n) is 2.97. The third-order valence-corrected chi connectivity index (χ3v) is 4.36.